The van der Waals surface area contributed by atoms with Crippen LogP contribution >= 0.6 is 0 Å². The Balaban J connectivity index is 2.30. The summed E-state index contributed by atoms with van der Waals surface area (Å²) in [4.78, 5) is 0. The van der Waals surface area contributed by atoms with Gasteiger partial charge in [0.2, 0.25) is 0 Å². The van der Waals surface area contributed by atoms with Crippen molar-refractivity contribution >= 4 is 0 Å². The number of hydrogen-bond acceptors (Lipinski definition) is 1. The predicted molar refractivity (Wildman–Crippen MR) is 83.4 cm³/mol. The van der Waals surface area contributed by atoms with E-state index < -0.39 is 0 Å². The molecule has 1 nitrogen and oxygen atoms in total. The van der Waals surface area contributed by atoms with Gasteiger partial charge in [-0.2, -0.15) is 0 Å². The van der Waals surface area contributed by atoms with Gasteiger partial charge in [-0.25, -0.2) is 4.39 Å². The topological polar surface area (TPSA) is 12.0 Å². The van der Waals surface area contributed by atoms with Crippen molar-refractivity contribution in [3.63, 3.8) is 0 Å². The Morgan fingerprint density at radius 2 is 1.95 bits per heavy atom. The highest BCUT2D eigenvalue weighted by Gasteiger charge is 2.36. The molecule has 0 bridgehead atoms. The fourth-order valence-corrected chi connectivity index (χ4v) is 3.63. The van der Waals surface area contributed by atoms with Gasteiger partial charge in [0.05, 0.1) is 0 Å². The van der Waals surface area contributed by atoms with E-state index in [0.717, 1.165) is 18.5 Å². The second-order valence-electron chi connectivity index (χ2n) is 6.60. The molecule has 1 aliphatic rings. The third-order valence-corrected chi connectivity index (χ3v) is 4.83. The van der Waals surface area contributed by atoms with Gasteiger partial charge < -0.3 is 5.32 Å². The zero-order chi connectivity index (χ0) is 14.6. The fraction of sp³-hybridized carbons (Fsp3) is 0.667. The lowest BCUT2D eigenvalue weighted by molar-refractivity contribution is 0.144. The van der Waals surface area contributed by atoms with E-state index in [2.05, 4.69) is 19.2 Å². The Hall–Kier alpha value is -0.890. The van der Waals surface area contributed by atoms with Crippen molar-refractivity contribution in [3.8, 4) is 0 Å². The minimum absolute atomic E-state index is 0.130. The lowest BCUT2D eigenvalue weighted by Gasteiger charge is -2.42. The van der Waals surface area contributed by atoms with Crippen LogP contribution in [0.15, 0.2) is 18.2 Å². The summed E-state index contributed by atoms with van der Waals surface area (Å²) in [5.74, 6) is -0.130. The molecule has 1 saturated carbocycles. The zero-order valence-electron chi connectivity index (χ0n) is 13.1. The number of aryl methyl sites for hydroxylation is 1. The van der Waals surface area contributed by atoms with Crippen LogP contribution in [0.2, 0.25) is 0 Å². The summed E-state index contributed by atoms with van der Waals surface area (Å²) in [6, 6.07) is 5.61. The van der Waals surface area contributed by atoms with Crippen LogP contribution < -0.4 is 5.32 Å². The summed E-state index contributed by atoms with van der Waals surface area (Å²) in [7, 11) is 0. The van der Waals surface area contributed by atoms with Gasteiger partial charge in [0, 0.05) is 6.04 Å². The second-order valence-corrected chi connectivity index (χ2v) is 6.60. The molecule has 1 unspecified atom stereocenters. The summed E-state index contributed by atoms with van der Waals surface area (Å²) in [5.41, 5.74) is 2.66. The summed E-state index contributed by atoms with van der Waals surface area (Å²) in [6.45, 7) is 7.66. The molecule has 1 fully saturated rings. The monoisotopic (exact) mass is 277 g/mol. The molecular weight excluding hydrogens is 249 g/mol. The van der Waals surface area contributed by atoms with Crippen LogP contribution in [0.25, 0.3) is 0 Å². The Morgan fingerprint density at radius 3 is 2.55 bits per heavy atom. The Labute approximate surface area is 123 Å². The van der Waals surface area contributed by atoms with E-state index in [1.54, 1.807) is 12.1 Å². The highest BCUT2D eigenvalue weighted by molar-refractivity contribution is 5.31. The molecule has 0 radical (unpaired) electrons. The van der Waals surface area contributed by atoms with Gasteiger partial charge in [0.1, 0.15) is 5.82 Å². The van der Waals surface area contributed by atoms with Gasteiger partial charge in [-0.3, -0.25) is 0 Å². The van der Waals surface area contributed by atoms with Crippen LogP contribution in [0.1, 0.15) is 69.5 Å². The Kier molecular flexibility index (Phi) is 5.20. The molecule has 0 heterocycles. The number of rotatable bonds is 5. The van der Waals surface area contributed by atoms with Crippen molar-refractivity contribution in [1.29, 1.82) is 0 Å². The van der Waals surface area contributed by atoms with Gasteiger partial charge in [-0.15, -0.1) is 0 Å². The predicted octanol–water partition coefficient (Wildman–Crippen LogP) is 5.15. The minimum atomic E-state index is -0.130. The third kappa shape index (κ3) is 3.41. The van der Waals surface area contributed by atoms with Crippen molar-refractivity contribution < 1.29 is 4.39 Å². The lowest BCUT2D eigenvalue weighted by atomic mass is 9.68. The van der Waals surface area contributed by atoms with E-state index in [-0.39, 0.29) is 5.82 Å². The molecule has 0 spiro atoms. The third-order valence-electron chi connectivity index (χ3n) is 4.83. The number of hydrogen-bond donors (Lipinski definition) is 1. The maximum atomic E-state index is 13.4. The molecule has 2 heteroatoms. The van der Waals surface area contributed by atoms with E-state index in [1.807, 2.05) is 13.0 Å². The van der Waals surface area contributed by atoms with Crippen LogP contribution in [-0.2, 0) is 0 Å². The molecule has 1 aliphatic carbocycles. The van der Waals surface area contributed by atoms with Gasteiger partial charge in [-0.1, -0.05) is 39.2 Å². The molecular formula is C18H28FN. The van der Waals surface area contributed by atoms with Crippen molar-refractivity contribution in [1.82, 2.24) is 5.32 Å². The van der Waals surface area contributed by atoms with Gasteiger partial charge in [0.15, 0.2) is 0 Å². The van der Waals surface area contributed by atoms with Crippen LogP contribution in [-0.4, -0.2) is 6.54 Å². The largest absolute Gasteiger partial charge is 0.309 e. The smallest absolute Gasteiger partial charge is 0.123 e. The molecule has 0 aliphatic heterocycles. The quantitative estimate of drug-likeness (QED) is 0.785. The maximum Gasteiger partial charge on any atom is 0.123 e. The first-order valence-corrected chi connectivity index (χ1v) is 8.06. The molecule has 1 aromatic carbocycles. The van der Waals surface area contributed by atoms with Crippen LogP contribution in [0.5, 0.6) is 0 Å². The molecule has 1 N–H and O–H groups in total. The van der Waals surface area contributed by atoms with Gasteiger partial charge >= 0.3 is 0 Å². The average molecular weight is 277 g/mol. The number of halogens is 1. The number of benzene rings is 1. The highest BCUT2D eigenvalue weighted by atomic mass is 19.1. The van der Waals surface area contributed by atoms with Crippen molar-refractivity contribution in [2.24, 2.45) is 5.41 Å². The summed E-state index contributed by atoms with van der Waals surface area (Å²) in [6.07, 6.45) is 7.67. The maximum absolute atomic E-state index is 13.4. The Bertz CT molecular complexity index is 435. The second kappa shape index (κ2) is 6.71. The van der Waals surface area contributed by atoms with E-state index in [0.29, 0.717) is 11.5 Å². The standard InChI is InChI=1S/C18H28FN/c1-4-12-20-17(18(3)10-6-5-7-11-18)16-9-8-15(19)13-14(16)2/h8-9,13,17,20H,4-7,10-12H2,1-3H3. The molecule has 112 valence electrons. The van der Waals surface area contributed by atoms with Crippen LogP contribution in [0.4, 0.5) is 4.39 Å². The molecule has 20 heavy (non-hydrogen) atoms. The SMILES string of the molecule is CCCNC(c1ccc(F)cc1C)C1(C)CCCCC1. The zero-order valence-corrected chi connectivity index (χ0v) is 13.1. The first-order valence-electron chi connectivity index (χ1n) is 8.06. The molecule has 0 aromatic heterocycles. The van der Waals surface area contributed by atoms with Crippen LogP contribution in [0, 0.1) is 18.2 Å². The summed E-state index contributed by atoms with van der Waals surface area (Å²) < 4.78 is 13.4. The summed E-state index contributed by atoms with van der Waals surface area (Å²) >= 11 is 0. The van der Waals surface area contributed by atoms with E-state index in [1.165, 1.54) is 37.7 Å². The fourth-order valence-electron chi connectivity index (χ4n) is 3.63. The highest BCUT2D eigenvalue weighted by Crippen LogP contribution is 2.46. The van der Waals surface area contributed by atoms with E-state index in [9.17, 15) is 4.39 Å². The normalized spacial score (nSPS) is 19.8. The lowest BCUT2D eigenvalue weighted by Crippen LogP contribution is -2.38. The van der Waals surface area contributed by atoms with Gasteiger partial charge in [0.25, 0.3) is 0 Å². The van der Waals surface area contributed by atoms with E-state index in [4.69, 9.17) is 0 Å². The number of nitrogens with one attached hydrogen (secondary N) is 1. The minimum Gasteiger partial charge on any atom is -0.309 e. The molecule has 1 atom stereocenters. The summed E-state index contributed by atoms with van der Waals surface area (Å²) in [5, 5.41) is 3.73. The van der Waals surface area contributed by atoms with Crippen molar-refractivity contribution in [2.75, 3.05) is 6.54 Å². The van der Waals surface area contributed by atoms with Crippen LogP contribution in [0.3, 0.4) is 0 Å². The first-order chi connectivity index (χ1) is 9.57. The Morgan fingerprint density at radius 1 is 1.25 bits per heavy atom. The van der Waals surface area contributed by atoms with E-state index >= 15 is 0 Å². The van der Waals surface area contributed by atoms with Crippen molar-refractivity contribution in [3.05, 3.63) is 35.1 Å². The van der Waals surface area contributed by atoms with Gasteiger partial charge in [-0.05, 0) is 61.4 Å². The molecule has 2 rings (SSSR count). The first kappa shape index (κ1) is 15.5. The average Bonchev–Trinajstić information content (AvgIpc) is 2.42. The van der Waals surface area contributed by atoms with Crippen molar-refractivity contribution in [2.45, 2.75) is 65.3 Å². The molecule has 0 amide bonds. The molecule has 1 aromatic rings. The molecule has 0 saturated heterocycles.